The summed E-state index contributed by atoms with van der Waals surface area (Å²) >= 11 is 0. The molecule has 0 spiro atoms. The molecule has 1 N–H and O–H groups in total. The molecule has 0 atom stereocenters. The van der Waals surface area contributed by atoms with Crippen LogP contribution in [0.25, 0.3) is 6.08 Å². The van der Waals surface area contributed by atoms with Crippen LogP contribution in [0.4, 0.5) is 0 Å². The van der Waals surface area contributed by atoms with Crippen molar-refractivity contribution in [2.24, 2.45) is 0 Å². The van der Waals surface area contributed by atoms with E-state index < -0.39 is 11.9 Å². The maximum Gasteiger partial charge on any atom is 0.349 e. The number of carbonyl (C=O) groups excluding carboxylic acids is 2. The zero-order chi connectivity index (χ0) is 22.8. The van der Waals surface area contributed by atoms with E-state index in [2.05, 4.69) is 5.32 Å². The highest BCUT2D eigenvalue weighted by Crippen LogP contribution is 2.29. The molecule has 0 fully saturated rings. The first-order chi connectivity index (χ1) is 14.9. The molecule has 0 bridgehead atoms. The van der Waals surface area contributed by atoms with Crippen LogP contribution in [0.5, 0.6) is 17.2 Å². The largest absolute Gasteiger partial charge is 0.493 e. The summed E-state index contributed by atoms with van der Waals surface area (Å²) < 4.78 is 16.2. The second-order valence-corrected chi connectivity index (χ2v) is 6.80. The molecule has 2 rings (SSSR count). The molecule has 0 aliphatic heterocycles. The predicted octanol–water partition coefficient (Wildman–Crippen LogP) is 3.73. The molecule has 0 heterocycles. The van der Waals surface area contributed by atoms with E-state index in [1.807, 2.05) is 39.0 Å². The Hall–Kier alpha value is -3.79. The first kappa shape index (κ1) is 23.5. The average molecular weight is 422 g/mol. The molecule has 7 heteroatoms. The maximum absolute atomic E-state index is 12.2. The minimum atomic E-state index is -0.584. The number of ether oxygens (including phenoxy) is 3. The minimum absolute atomic E-state index is 0.0258. The second-order valence-electron chi connectivity index (χ2n) is 6.80. The van der Waals surface area contributed by atoms with Crippen LogP contribution in [0, 0.1) is 25.2 Å². The molecule has 1 amide bonds. The summed E-state index contributed by atoms with van der Waals surface area (Å²) in [4.78, 5) is 24.3. The molecule has 0 saturated heterocycles. The fourth-order valence-electron chi connectivity index (χ4n) is 2.68. The van der Waals surface area contributed by atoms with Crippen molar-refractivity contribution in [3.8, 4) is 23.3 Å². The highest BCUT2D eigenvalue weighted by atomic mass is 16.6. The summed E-state index contributed by atoms with van der Waals surface area (Å²) in [6, 6.07) is 12.3. The summed E-state index contributed by atoms with van der Waals surface area (Å²) in [6.45, 7) is 6.04. The third-order valence-corrected chi connectivity index (χ3v) is 4.52. The van der Waals surface area contributed by atoms with E-state index in [0.29, 0.717) is 23.6 Å². The van der Waals surface area contributed by atoms with E-state index in [-0.39, 0.29) is 17.9 Å². The van der Waals surface area contributed by atoms with Gasteiger partial charge >= 0.3 is 5.97 Å². The van der Waals surface area contributed by atoms with Gasteiger partial charge in [-0.25, -0.2) is 4.79 Å². The van der Waals surface area contributed by atoms with Gasteiger partial charge in [0.25, 0.3) is 5.91 Å². The first-order valence-corrected chi connectivity index (χ1v) is 9.87. The van der Waals surface area contributed by atoms with Gasteiger partial charge in [0, 0.05) is 6.54 Å². The Labute approximate surface area is 182 Å². The number of benzene rings is 2. The van der Waals surface area contributed by atoms with E-state index in [4.69, 9.17) is 14.2 Å². The van der Waals surface area contributed by atoms with Crippen molar-refractivity contribution < 1.29 is 23.8 Å². The third kappa shape index (κ3) is 6.61. The van der Waals surface area contributed by atoms with Crippen LogP contribution in [0.15, 0.2) is 42.0 Å². The molecule has 31 heavy (non-hydrogen) atoms. The van der Waals surface area contributed by atoms with Gasteiger partial charge in [-0.15, -0.1) is 0 Å². The Bertz CT molecular complexity index is 1020. The number of nitriles is 1. The van der Waals surface area contributed by atoms with E-state index in [1.54, 1.807) is 24.3 Å². The molecule has 0 aliphatic carbocycles. The van der Waals surface area contributed by atoms with Crippen molar-refractivity contribution >= 4 is 18.0 Å². The topological polar surface area (TPSA) is 97.7 Å². The maximum atomic E-state index is 12.2. The molecule has 162 valence electrons. The molecule has 2 aromatic rings. The van der Waals surface area contributed by atoms with E-state index >= 15 is 0 Å². The molecule has 2 aromatic carbocycles. The van der Waals surface area contributed by atoms with Crippen LogP contribution in [-0.2, 0) is 9.59 Å². The van der Waals surface area contributed by atoms with Gasteiger partial charge in [0.05, 0.1) is 7.11 Å². The summed E-state index contributed by atoms with van der Waals surface area (Å²) in [5.74, 6) is 0.0969. The SMILES string of the molecule is CCCNC(=O)/C(C#N)=C/c1ccc(OC(=O)COc2cccc(C)c2C)c(OC)c1. The van der Waals surface area contributed by atoms with Gasteiger partial charge in [0.15, 0.2) is 18.1 Å². The molecule has 0 aromatic heterocycles. The average Bonchev–Trinajstić information content (AvgIpc) is 2.77. The van der Waals surface area contributed by atoms with Crippen molar-refractivity contribution in [3.63, 3.8) is 0 Å². The number of aryl methyl sites for hydroxylation is 1. The van der Waals surface area contributed by atoms with Gasteiger partial charge in [0.2, 0.25) is 0 Å². The summed E-state index contributed by atoms with van der Waals surface area (Å²) in [7, 11) is 1.44. The quantitative estimate of drug-likeness (QED) is 0.286. The molecule has 7 nitrogen and oxygen atoms in total. The summed E-state index contributed by atoms with van der Waals surface area (Å²) in [6.07, 6.45) is 2.22. The lowest BCUT2D eigenvalue weighted by atomic mass is 10.1. The number of rotatable bonds is 9. The Morgan fingerprint density at radius 3 is 2.58 bits per heavy atom. The van der Waals surface area contributed by atoms with Crippen molar-refractivity contribution in [1.82, 2.24) is 5.32 Å². The lowest BCUT2D eigenvalue weighted by Crippen LogP contribution is -2.25. The molecule has 0 radical (unpaired) electrons. The van der Waals surface area contributed by atoms with Gasteiger partial charge in [-0.3, -0.25) is 4.79 Å². The van der Waals surface area contributed by atoms with E-state index in [1.165, 1.54) is 13.2 Å². The Morgan fingerprint density at radius 2 is 1.90 bits per heavy atom. The van der Waals surface area contributed by atoms with Crippen LogP contribution in [0.2, 0.25) is 0 Å². The fraction of sp³-hybridized carbons (Fsp3) is 0.292. The highest BCUT2D eigenvalue weighted by molar-refractivity contribution is 6.01. The minimum Gasteiger partial charge on any atom is -0.493 e. The summed E-state index contributed by atoms with van der Waals surface area (Å²) in [5.41, 5.74) is 2.56. The van der Waals surface area contributed by atoms with Crippen molar-refractivity contribution in [3.05, 3.63) is 58.7 Å². The van der Waals surface area contributed by atoms with Crippen molar-refractivity contribution in [1.29, 1.82) is 5.26 Å². The van der Waals surface area contributed by atoms with Gasteiger partial charge < -0.3 is 19.5 Å². The van der Waals surface area contributed by atoms with E-state index in [0.717, 1.165) is 17.5 Å². The highest BCUT2D eigenvalue weighted by Gasteiger charge is 2.14. The van der Waals surface area contributed by atoms with Crippen LogP contribution in [-0.4, -0.2) is 32.1 Å². The lowest BCUT2D eigenvalue weighted by molar-refractivity contribution is -0.136. The zero-order valence-corrected chi connectivity index (χ0v) is 18.2. The normalized spacial score (nSPS) is 10.7. The van der Waals surface area contributed by atoms with Gasteiger partial charge in [-0.2, -0.15) is 5.26 Å². The third-order valence-electron chi connectivity index (χ3n) is 4.52. The summed E-state index contributed by atoms with van der Waals surface area (Å²) in [5, 5.41) is 11.9. The molecular formula is C24H26N2O5. The number of amides is 1. The van der Waals surface area contributed by atoms with Crippen molar-refractivity contribution in [2.45, 2.75) is 27.2 Å². The van der Waals surface area contributed by atoms with Gasteiger partial charge in [0.1, 0.15) is 17.4 Å². The lowest BCUT2D eigenvalue weighted by Gasteiger charge is -2.12. The fourth-order valence-corrected chi connectivity index (χ4v) is 2.68. The molecular weight excluding hydrogens is 396 g/mol. The standard InChI is InChI=1S/C24H26N2O5/c1-5-11-26-24(28)19(14-25)12-18-9-10-21(22(13-18)29-4)31-23(27)15-30-20-8-6-7-16(2)17(20)3/h6-10,12-13H,5,11,15H2,1-4H3,(H,26,28)/b19-12+. The Balaban J connectivity index is 2.09. The second kappa shape index (κ2) is 11.4. The zero-order valence-electron chi connectivity index (χ0n) is 18.2. The Kier molecular flexibility index (Phi) is 8.64. The number of nitrogens with one attached hydrogen (secondary N) is 1. The first-order valence-electron chi connectivity index (χ1n) is 9.87. The number of esters is 1. The number of hydrogen-bond donors (Lipinski definition) is 1. The molecule has 0 aliphatic rings. The Morgan fingerprint density at radius 1 is 1.13 bits per heavy atom. The number of hydrogen-bond acceptors (Lipinski definition) is 6. The molecule has 0 unspecified atom stereocenters. The molecule has 0 saturated carbocycles. The van der Waals surface area contributed by atoms with Crippen LogP contribution in [0.1, 0.15) is 30.0 Å². The van der Waals surface area contributed by atoms with Gasteiger partial charge in [-0.1, -0.05) is 25.1 Å². The number of nitrogens with zero attached hydrogens (tertiary/aromatic N) is 1. The van der Waals surface area contributed by atoms with Crippen LogP contribution >= 0.6 is 0 Å². The number of methoxy groups -OCH3 is 1. The monoisotopic (exact) mass is 422 g/mol. The van der Waals surface area contributed by atoms with Crippen LogP contribution in [0.3, 0.4) is 0 Å². The smallest absolute Gasteiger partial charge is 0.349 e. The van der Waals surface area contributed by atoms with Crippen LogP contribution < -0.4 is 19.5 Å². The van der Waals surface area contributed by atoms with Crippen molar-refractivity contribution in [2.75, 3.05) is 20.3 Å². The van der Waals surface area contributed by atoms with Gasteiger partial charge in [-0.05, 0) is 61.2 Å². The number of carbonyl (C=O) groups is 2. The van der Waals surface area contributed by atoms with E-state index in [9.17, 15) is 14.9 Å². The predicted molar refractivity (Wildman–Crippen MR) is 117 cm³/mol.